The minimum absolute atomic E-state index is 0.184. The summed E-state index contributed by atoms with van der Waals surface area (Å²) >= 11 is 0. The van der Waals surface area contributed by atoms with Crippen LogP contribution >= 0.6 is 0 Å². The van der Waals surface area contributed by atoms with Crippen molar-refractivity contribution in [2.75, 3.05) is 0 Å². The molecule has 3 heteroatoms. The van der Waals surface area contributed by atoms with Gasteiger partial charge in [0, 0.05) is 18.3 Å². The van der Waals surface area contributed by atoms with E-state index in [1.165, 1.54) is 0 Å². The molecule has 1 aromatic rings. The summed E-state index contributed by atoms with van der Waals surface area (Å²) in [6.07, 6.45) is 4.73. The van der Waals surface area contributed by atoms with Crippen molar-refractivity contribution in [1.29, 1.82) is 0 Å². The van der Waals surface area contributed by atoms with Crippen molar-refractivity contribution in [2.24, 2.45) is 0 Å². The number of aliphatic hydroxyl groups excluding tert-OH is 1. The van der Waals surface area contributed by atoms with Gasteiger partial charge in [-0.05, 0) is 38.3 Å². The predicted octanol–water partition coefficient (Wildman–Crippen LogP) is 1.65. The van der Waals surface area contributed by atoms with Crippen LogP contribution in [0.25, 0.3) is 0 Å². The largest absolute Gasteiger partial charge is 0.392 e. The monoisotopic (exact) mass is 206 g/mol. The van der Waals surface area contributed by atoms with Crippen LogP contribution in [0.3, 0.4) is 0 Å². The Labute approximate surface area is 90.5 Å². The normalized spacial score (nSPS) is 27.9. The molecule has 1 saturated carbocycles. The molecule has 1 aliphatic carbocycles. The van der Waals surface area contributed by atoms with E-state index >= 15 is 0 Å². The maximum atomic E-state index is 9.70. The van der Waals surface area contributed by atoms with E-state index in [9.17, 15) is 5.11 Å². The first-order chi connectivity index (χ1) is 7.27. The Hall–Kier alpha value is -0.930. The lowest BCUT2D eigenvalue weighted by atomic mass is 10.1. The summed E-state index contributed by atoms with van der Waals surface area (Å²) in [4.78, 5) is 4.30. The van der Waals surface area contributed by atoms with Crippen molar-refractivity contribution in [2.45, 2.75) is 44.4 Å². The molecule has 0 spiro atoms. The Kier molecular flexibility index (Phi) is 3.34. The summed E-state index contributed by atoms with van der Waals surface area (Å²) in [5.41, 5.74) is 1.04. The zero-order valence-corrected chi connectivity index (χ0v) is 9.06. The number of nitrogens with one attached hydrogen (secondary N) is 1. The molecule has 3 nitrogen and oxygen atoms in total. The second kappa shape index (κ2) is 4.73. The molecule has 0 saturated heterocycles. The van der Waals surface area contributed by atoms with Gasteiger partial charge >= 0.3 is 0 Å². The van der Waals surface area contributed by atoms with E-state index in [1.54, 1.807) is 6.20 Å². The Morgan fingerprint density at radius 3 is 2.93 bits per heavy atom. The first-order valence-electron chi connectivity index (χ1n) is 5.62. The minimum atomic E-state index is -0.184. The van der Waals surface area contributed by atoms with E-state index in [2.05, 4.69) is 17.2 Å². The molecule has 2 unspecified atom stereocenters. The van der Waals surface area contributed by atoms with Gasteiger partial charge < -0.3 is 10.4 Å². The van der Waals surface area contributed by atoms with Crippen LogP contribution in [-0.4, -0.2) is 22.2 Å². The fraction of sp³-hybridized carbons (Fsp3) is 0.583. The molecule has 82 valence electrons. The lowest BCUT2D eigenvalue weighted by molar-refractivity contribution is 0.143. The number of pyridine rings is 1. The molecule has 1 fully saturated rings. The average molecular weight is 206 g/mol. The summed E-state index contributed by atoms with van der Waals surface area (Å²) in [6.45, 7) is 2.09. The van der Waals surface area contributed by atoms with E-state index in [0.717, 1.165) is 25.0 Å². The first-order valence-corrected chi connectivity index (χ1v) is 5.62. The van der Waals surface area contributed by atoms with Gasteiger partial charge in [0.1, 0.15) is 0 Å². The topological polar surface area (TPSA) is 45.1 Å². The standard InChI is InChI=1S/C12H18N2O/c1-9(10-5-2-3-8-13-10)14-11-6-4-7-12(11)15/h2-3,5,8-9,11-12,14-15H,4,6-7H2,1H3/t9-,11?,12?/m0/s1. The van der Waals surface area contributed by atoms with Gasteiger partial charge in [-0.1, -0.05) is 6.07 Å². The molecule has 1 aromatic heterocycles. The van der Waals surface area contributed by atoms with Crippen LogP contribution in [0.4, 0.5) is 0 Å². The minimum Gasteiger partial charge on any atom is -0.392 e. The molecule has 3 atom stereocenters. The molecule has 0 radical (unpaired) electrons. The summed E-state index contributed by atoms with van der Waals surface area (Å²) in [5, 5.41) is 13.1. The molecule has 0 aliphatic heterocycles. The van der Waals surface area contributed by atoms with E-state index in [4.69, 9.17) is 0 Å². The highest BCUT2D eigenvalue weighted by Gasteiger charge is 2.26. The molecule has 1 aliphatic rings. The third kappa shape index (κ3) is 2.55. The highest BCUT2D eigenvalue weighted by Crippen LogP contribution is 2.21. The van der Waals surface area contributed by atoms with Gasteiger partial charge in [0.25, 0.3) is 0 Å². The fourth-order valence-corrected chi connectivity index (χ4v) is 2.17. The zero-order valence-electron chi connectivity index (χ0n) is 9.06. The van der Waals surface area contributed by atoms with Crippen LogP contribution in [0.1, 0.15) is 37.9 Å². The van der Waals surface area contributed by atoms with Gasteiger partial charge in [-0.15, -0.1) is 0 Å². The number of aliphatic hydroxyl groups is 1. The van der Waals surface area contributed by atoms with Crippen molar-refractivity contribution in [1.82, 2.24) is 10.3 Å². The average Bonchev–Trinajstić information content (AvgIpc) is 2.66. The molecule has 15 heavy (non-hydrogen) atoms. The maximum Gasteiger partial charge on any atom is 0.0693 e. The van der Waals surface area contributed by atoms with E-state index in [-0.39, 0.29) is 18.2 Å². The Morgan fingerprint density at radius 2 is 2.33 bits per heavy atom. The number of nitrogens with zero attached hydrogens (tertiary/aromatic N) is 1. The quantitative estimate of drug-likeness (QED) is 0.790. The highest BCUT2D eigenvalue weighted by molar-refractivity contribution is 5.08. The Balaban J connectivity index is 1.95. The zero-order chi connectivity index (χ0) is 10.7. The summed E-state index contributed by atoms with van der Waals surface area (Å²) in [5.74, 6) is 0. The number of rotatable bonds is 3. The van der Waals surface area contributed by atoms with Gasteiger partial charge in [0.2, 0.25) is 0 Å². The molecular weight excluding hydrogens is 188 g/mol. The van der Waals surface area contributed by atoms with Crippen LogP contribution in [0.15, 0.2) is 24.4 Å². The molecule has 2 N–H and O–H groups in total. The molecule has 1 heterocycles. The Bertz CT molecular complexity index is 302. The third-order valence-electron chi connectivity index (χ3n) is 3.07. The van der Waals surface area contributed by atoms with Crippen LogP contribution in [0.5, 0.6) is 0 Å². The molecule has 0 bridgehead atoms. The number of hydrogen-bond donors (Lipinski definition) is 2. The van der Waals surface area contributed by atoms with E-state index in [0.29, 0.717) is 0 Å². The SMILES string of the molecule is C[C@H](NC1CCCC1O)c1ccccn1. The molecule has 0 aromatic carbocycles. The van der Waals surface area contributed by atoms with Crippen molar-refractivity contribution in [3.8, 4) is 0 Å². The smallest absolute Gasteiger partial charge is 0.0693 e. The van der Waals surface area contributed by atoms with Crippen molar-refractivity contribution in [3.05, 3.63) is 30.1 Å². The second-order valence-electron chi connectivity index (χ2n) is 4.25. The van der Waals surface area contributed by atoms with Crippen LogP contribution in [-0.2, 0) is 0 Å². The summed E-state index contributed by atoms with van der Waals surface area (Å²) in [7, 11) is 0. The summed E-state index contributed by atoms with van der Waals surface area (Å²) in [6, 6.07) is 6.37. The first kappa shape index (κ1) is 10.6. The van der Waals surface area contributed by atoms with Crippen LogP contribution in [0, 0.1) is 0 Å². The van der Waals surface area contributed by atoms with Gasteiger partial charge in [0.05, 0.1) is 11.8 Å². The van der Waals surface area contributed by atoms with E-state index < -0.39 is 0 Å². The van der Waals surface area contributed by atoms with Crippen LogP contribution in [0.2, 0.25) is 0 Å². The van der Waals surface area contributed by atoms with E-state index in [1.807, 2.05) is 18.2 Å². The molecular formula is C12H18N2O. The lowest BCUT2D eigenvalue weighted by Crippen LogP contribution is -2.37. The predicted molar refractivity (Wildman–Crippen MR) is 59.4 cm³/mol. The molecule has 0 amide bonds. The van der Waals surface area contributed by atoms with Gasteiger partial charge in [-0.25, -0.2) is 0 Å². The fourth-order valence-electron chi connectivity index (χ4n) is 2.17. The Morgan fingerprint density at radius 1 is 1.47 bits per heavy atom. The second-order valence-corrected chi connectivity index (χ2v) is 4.25. The number of hydrogen-bond acceptors (Lipinski definition) is 3. The van der Waals surface area contributed by atoms with Crippen molar-refractivity contribution >= 4 is 0 Å². The van der Waals surface area contributed by atoms with Crippen molar-refractivity contribution < 1.29 is 5.11 Å². The van der Waals surface area contributed by atoms with Crippen molar-refractivity contribution in [3.63, 3.8) is 0 Å². The third-order valence-corrected chi connectivity index (χ3v) is 3.07. The molecule has 2 rings (SSSR count). The highest BCUT2D eigenvalue weighted by atomic mass is 16.3. The van der Waals surface area contributed by atoms with Crippen LogP contribution < -0.4 is 5.32 Å². The van der Waals surface area contributed by atoms with Gasteiger partial charge in [-0.3, -0.25) is 4.98 Å². The van der Waals surface area contributed by atoms with Gasteiger partial charge in [0.15, 0.2) is 0 Å². The summed E-state index contributed by atoms with van der Waals surface area (Å²) < 4.78 is 0. The van der Waals surface area contributed by atoms with Gasteiger partial charge in [-0.2, -0.15) is 0 Å². The number of aromatic nitrogens is 1. The lowest BCUT2D eigenvalue weighted by Gasteiger charge is -2.21. The maximum absolute atomic E-state index is 9.70.